The Morgan fingerprint density at radius 1 is 1.31 bits per heavy atom. The summed E-state index contributed by atoms with van der Waals surface area (Å²) in [4.78, 5) is 11.6. The van der Waals surface area contributed by atoms with E-state index in [1.165, 1.54) is 0 Å². The molecule has 1 nitrogen and oxygen atoms in total. The van der Waals surface area contributed by atoms with Gasteiger partial charge in [-0.15, -0.1) is 0 Å². The molecule has 0 spiro atoms. The molecule has 0 fully saturated rings. The van der Waals surface area contributed by atoms with E-state index < -0.39 is 0 Å². The maximum atomic E-state index is 11.6. The number of thioether (sulfide) groups is 1. The van der Waals surface area contributed by atoms with Gasteiger partial charge >= 0.3 is 0 Å². The first-order valence-electron chi connectivity index (χ1n) is 5.58. The lowest BCUT2D eigenvalue weighted by Crippen LogP contribution is -1.96. The zero-order valence-electron chi connectivity index (χ0n) is 9.90. The Morgan fingerprint density at radius 2 is 2.00 bits per heavy atom. The molecule has 0 unspecified atom stereocenters. The van der Waals surface area contributed by atoms with Crippen molar-refractivity contribution >= 4 is 23.1 Å². The first-order chi connectivity index (χ1) is 7.74. The van der Waals surface area contributed by atoms with Gasteiger partial charge in [-0.25, -0.2) is 0 Å². The van der Waals surface area contributed by atoms with Gasteiger partial charge in [0, 0.05) is 12.2 Å². The van der Waals surface area contributed by atoms with E-state index in [-0.39, 0.29) is 5.78 Å². The molecular weight excluding hydrogens is 216 g/mol. The van der Waals surface area contributed by atoms with Crippen LogP contribution in [-0.2, 0) is 4.79 Å². The van der Waals surface area contributed by atoms with Gasteiger partial charge in [-0.3, -0.25) is 4.79 Å². The van der Waals surface area contributed by atoms with Crippen LogP contribution in [0.4, 0.5) is 0 Å². The third kappa shape index (κ3) is 4.67. The molecule has 86 valence electrons. The second-order valence-corrected chi connectivity index (χ2v) is 5.00. The third-order valence-corrected chi connectivity index (χ3v) is 3.20. The molecule has 2 heteroatoms. The summed E-state index contributed by atoms with van der Waals surface area (Å²) in [5.74, 6) is 2.23. The fourth-order valence-electron chi connectivity index (χ4n) is 1.42. The molecule has 0 aliphatic carbocycles. The minimum Gasteiger partial charge on any atom is -0.295 e. The van der Waals surface area contributed by atoms with Crippen molar-refractivity contribution in [2.75, 3.05) is 11.5 Å². The van der Waals surface area contributed by atoms with Gasteiger partial charge in [-0.1, -0.05) is 37.3 Å². The molecule has 0 saturated heterocycles. The molecule has 16 heavy (non-hydrogen) atoms. The van der Waals surface area contributed by atoms with Crippen LogP contribution in [0.15, 0.2) is 36.4 Å². The Labute approximate surface area is 102 Å². The summed E-state index contributed by atoms with van der Waals surface area (Å²) in [5, 5.41) is 0. The number of hydrogen-bond acceptors (Lipinski definition) is 2. The Bertz CT molecular complexity index is 354. The standard InChI is InChI=1S/C14H18OS/c1-3-16-10-9-14(15)11-12(2)13-7-5-4-6-8-13/h4-8,11H,3,9-10H2,1-2H3/b12-11-. The number of rotatable bonds is 6. The predicted molar refractivity (Wildman–Crippen MR) is 72.7 cm³/mol. The van der Waals surface area contributed by atoms with Gasteiger partial charge in [0.1, 0.15) is 0 Å². The molecule has 0 amide bonds. The van der Waals surface area contributed by atoms with E-state index in [1.54, 1.807) is 6.08 Å². The number of ketones is 1. The Morgan fingerprint density at radius 3 is 2.62 bits per heavy atom. The van der Waals surface area contributed by atoms with Crippen LogP contribution in [0.5, 0.6) is 0 Å². The zero-order chi connectivity index (χ0) is 11.8. The molecule has 1 aromatic rings. The maximum Gasteiger partial charge on any atom is 0.156 e. The van der Waals surface area contributed by atoms with Crippen molar-refractivity contribution in [1.29, 1.82) is 0 Å². The van der Waals surface area contributed by atoms with Crippen molar-refractivity contribution in [3.05, 3.63) is 42.0 Å². The van der Waals surface area contributed by atoms with Crippen LogP contribution in [0.2, 0.25) is 0 Å². The molecule has 0 saturated carbocycles. The summed E-state index contributed by atoms with van der Waals surface area (Å²) in [7, 11) is 0. The SMILES string of the molecule is CCSCCC(=O)/C=C(/C)c1ccccc1. The molecule has 0 bridgehead atoms. The number of carbonyl (C=O) groups is 1. The van der Waals surface area contributed by atoms with Gasteiger partial charge in [0.2, 0.25) is 0 Å². The van der Waals surface area contributed by atoms with Crippen molar-refractivity contribution in [3.8, 4) is 0 Å². The second-order valence-electron chi connectivity index (χ2n) is 3.61. The molecule has 0 aromatic heterocycles. The van der Waals surface area contributed by atoms with E-state index in [1.807, 2.05) is 49.0 Å². The summed E-state index contributed by atoms with van der Waals surface area (Å²) in [6.45, 7) is 4.10. The average molecular weight is 234 g/mol. The molecule has 1 rings (SSSR count). The summed E-state index contributed by atoms with van der Waals surface area (Å²) in [6.07, 6.45) is 2.40. The van der Waals surface area contributed by atoms with Gasteiger partial charge in [0.15, 0.2) is 5.78 Å². The first kappa shape index (κ1) is 13.0. The zero-order valence-corrected chi connectivity index (χ0v) is 10.7. The lowest BCUT2D eigenvalue weighted by Gasteiger charge is -2.00. The predicted octanol–water partition coefficient (Wildman–Crippen LogP) is 3.80. The molecule has 0 radical (unpaired) electrons. The van der Waals surface area contributed by atoms with Gasteiger partial charge in [0.05, 0.1) is 0 Å². The van der Waals surface area contributed by atoms with Crippen molar-refractivity contribution in [2.45, 2.75) is 20.3 Å². The Hall–Kier alpha value is -1.02. The van der Waals surface area contributed by atoms with Gasteiger partial charge in [-0.2, -0.15) is 11.8 Å². The first-order valence-corrected chi connectivity index (χ1v) is 6.73. The number of benzene rings is 1. The van der Waals surface area contributed by atoms with Crippen LogP contribution < -0.4 is 0 Å². The molecule has 0 aliphatic heterocycles. The van der Waals surface area contributed by atoms with Gasteiger partial charge < -0.3 is 0 Å². The highest BCUT2D eigenvalue weighted by molar-refractivity contribution is 7.99. The summed E-state index contributed by atoms with van der Waals surface area (Å²) < 4.78 is 0. The highest BCUT2D eigenvalue weighted by Gasteiger charge is 2.00. The van der Waals surface area contributed by atoms with E-state index in [4.69, 9.17) is 0 Å². The Balaban J connectivity index is 2.53. The van der Waals surface area contributed by atoms with Gasteiger partial charge in [-0.05, 0) is 29.9 Å². The second kappa shape index (κ2) is 7.29. The van der Waals surface area contributed by atoms with Crippen molar-refractivity contribution < 1.29 is 4.79 Å². The molecule has 0 heterocycles. The minimum atomic E-state index is 0.224. The van der Waals surface area contributed by atoms with Crippen LogP contribution in [0.1, 0.15) is 25.8 Å². The van der Waals surface area contributed by atoms with Crippen LogP contribution >= 0.6 is 11.8 Å². The smallest absolute Gasteiger partial charge is 0.156 e. The van der Waals surface area contributed by atoms with E-state index in [0.717, 1.165) is 22.6 Å². The third-order valence-electron chi connectivity index (χ3n) is 2.30. The number of hydrogen-bond donors (Lipinski definition) is 0. The molecule has 0 N–H and O–H groups in total. The quantitative estimate of drug-likeness (QED) is 0.550. The average Bonchev–Trinajstić information content (AvgIpc) is 2.30. The van der Waals surface area contributed by atoms with E-state index in [9.17, 15) is 4.79 Å². The maximum absolute atomic E-state index is 11.6. The van der Waals surface area contributed by atoms with Gasteiger partial charge in [0.25, 0.3) is 0 Å². The van der Waals surface area contributed by atoms with Crippen molar-refractivity contribution in [1.82, 2.24) is 0 Å². The van der Waals surface area contributed by atoms with Crippen LogP contribution in [0.3, 0.4) is 0 Å². The summed E-state index contributed by atoms with van der Waals surface area (Å²) >= 11 is 1.81. The van der Waals surface area contributed by atoms with Crippen LogP contribution in [0, 0.1) is 0 Å². The van der Waals surface area contributed by atoms with E-state index >= 15 is 0 Å². The van der Waals surface area contributed by atoms with Crippen LogP contribution in [0.25, 0.3) is 5.57 Å². The largest absolute Gasteiger partial charge is 0.295 e. The fourth-order valence-corrected chi connectivity index (χ4v) is 2.05. The monoisotopic (exact) mass is 234 g/mol. The number of carbonyl (C=O) groups excluding carboxylic acids is 1. The normalized spacial score (nSPS) is 11.5. The van der Waals surface area contributed by atoms with Crippen molar-refractivity contribution in [2.24, 2.45) is 0 Å². The summed E-state index contributed by atoms with van der Waals surface area (Å²) in [5.41, 5.74) is 2.17. The Kier molecular flexibility index (Phi) is 5.94. The lowest BCUT2D eigenvalue weighted by atomic mass is 10.1. The molecule has 0 aliphatic rings. The molecule has 0 atom stereocenters. The molecule has 1 aromatic carbocycles. The van der Waals surface area contributed by atoms with E-state index in [2.05, 4.69) is 6.92 Å². The van der Waals surface area contributed by atoms with Crippen LogP contribution in [-0.4, -0.2) is 17.3 Å². The highest BCUT2D eigenvalue weighted by atomic mass is 32.2. The highest BCUT2D eigenvalue weighted by Crippen LogP contribution is 2.13. The van der Waals surface area contributed by atoms with Crippen molar-refractivity contribution in [3.63, 3.8) is 0 Å². The molecular formula is C14H18OS. The lowest BCUT2D eigenvalue weighted by molar-refractivity contribution is -0.114. The summed E-state index contributed by atoms with van der Waals surface area (Å²) in [6, 6.07) is 10.0. The topological polar surface area (TPSA) is 17.1 Å². The fraction of sp³-hybridized carbons (Fsp3) is 0.357. The minimum absolute atomic E-state index is 0.224. The van der Waals surface area contributed by atoms with E-state index in [0.29, 0.717) is 6.42 Å². The number of allylic oxidation sites excluding steroid dienone is 2.